The van der Waals surface area contributed by atoms with Crippen LogP contribution in [-0.2, 0) is 20.9 Å². The van der Waals surface area contributed by atoms with Crippen LogP contribution in [0.2, 0.25) is 0 Å². The molecule has 3 aliphatic rings. The number of nitrogens with one attached hydrogen (secondary N) is 1. The normalized spacial score (nSPS) is 25.8. The number of hydrogen-bond acceptors (Lipinski definition) is 5. The first-order chi connectivity index (χ1) is 11.7. The van der Waals surface area contributed by atoms with E-state index in [-0.39, 0.29) is 31.2 Å². The third-order valence-corrected chi connectivity index (χ3v) is 4.85. The van der Waals surface area contributed by atoms with E-state index in [1.54, 1.807) is 0 Å². The summed E-state index contributed by atoms with van der Waals surface area (Å²) in [6, 6.07) is 5.50. The summed E-state index contributed by atoms with van der Waals surface area (Å²) in [6.07, 6.45) is 6.15. The number of carbonyl (C=O) groups excluding carboxylic acids is 2. The molecule has 2 bridgehead atoms. The fraction of sp³-hybridized carbons (Fsp3) is 0.444. The van der Waals surface area contributed by atoms with Crippen LogP contribution in [0, 0.1) is 17.8 Å². The molecule has 1 fully saturated rings. The van der Waals surface area contributed by atoms with Crippen LogP contribution in [0.25, 0.3) is 0 Å². The Morgan fingerprint density at radius 3 is 2.83 bits per heavy atom. The van der Waals surface area contributed by atoms with Crippen LogP contribution in [-0.4, -0.2) is 25.3 Å². The summed E-state index contributed by atoms with van der Waals surface area (Å²) >= 11 is 0. The quantitative estimate of drug-likeness (QED) is 0.658. The monoisotopic (exact) mass is 329 g/mol. The number of fused-ring (bicyclic) bond motifs is 3. The van der Waals surface area contributed by atoms with Gasteiger partial charge in [0.15, 0.2) is 18.1 Å². The Balaban J connectivity index is 1.22. The fourth-order valence-corrected chi connectivity index (χ4v) is 3.60. The molecule has 4 rings (SSSR count). The summed E-state index contributed by atoms with van der Waals surface area (Å²) < 4.78 is 15.7. The largest absolute Gasteiger partial charge is 0.455 e. The molecular weight excluding hydrogens is 310 g/mol. The van der Waals surface area contributed by atoms with Crippen molar-refractivity contribution in [1.29, 1.82) is 0 Å². The molecule has 1 aliphatic heterocycles. The van der Waals surface area contributed by atoms with Crippen molar-refractivity contribution in [2.24, 2.45) is 17.8 Å². The van der Waals surface area contributed by atoms with E-state index in [0.717, 1.165) is 18.4 Å². The Kier molecular flexibility index (Phi) is 3.88. The number of carbonyl (C=O) groups is 2. The van der Waals surface area contributed by atoms with Crippen molar-refractivity contribution in [2.45, 2.75) is 19.4 Å². The first-order valence-electron chi connectivity index (χ1n) is 8.19. The van der Waals surface area contributed by atoms with E-state index in [4.69, 9.17) is 14.2 Å². The minimum Gasteiger partial charge on any atom is -0.455 e. The van der Waals surface area contributed by atoms with Gasteiger partial charge in [-0.05, 0) is 42.4 Å². The molecule has 1 aromatic carbocycles. The molecule has 0 spiro atoms. The highest BCUT2D eigenvalue weighted by molar-refractivity contribution is 5.81. The van der Waals surface area contributed by atoms with E-state index in [9.17, 15) is 9.59 Å². The molecule has 1 heterocycles. The van der Waals surface area contributed by atoms with Gasteiger partial charge in [-0.2, -0.15) is 0 Å². The molecule has 3 atom stereocenters. The highest BCUT2D eigenvalue weighted by Gasteiger charge is 2.40. The lowest BCUT2D eigenvalue weighted by molar-refractivity contribution is -0.153. The second-order valence-corrected chi connectivity index (χ2v) is 6.46. The number of ether oxygens (including phenoxy) is 3. The van der Waals surface area contributed by atoms with Gasteiger partial charge in [-0.3, -0.25) is 9.59 Å². The summed E-state index contributed by atoms with van der Waals surface area (Å²) in [7, 11) is 0. The maximum absolute atomic E-state index is 12.1. The Morgan fingerprint density at radius 2 is 2.04 bits per heavy atom. The minimum atomic E-state index is -0.306. The highest BCUT2D eigenvalue weighted by Crippen LogP contribution is 2.43. The summed E-state index contributed by atoms with van der Waals surface area (Å²) in [5, 5.41) is 2.74. The Labute approximate surface area is 139 Å². The van der Waals surface area contributed by atoms with E-state index in [0.29, 0.717) is 29.9 Å². The second-order valence-electron chi connectivity index (χ2n) is 6.46. The highest BCUT2D eigenvalue weighted by atomic mass is 16.7. The molecule has 1 aromatic rings. The van der Waals surface area contributed by atoms with Crippen molar-refractivity contribution < 1.29 is 23.8 Å². The zero-order valence-electron chi connectivity index (χ0n) is 13.2. The molecule has 0 unspecified atom stereocenters. The predicted octanol–water partition coefficient (Wildman–Crippen LogP) is 1.79. The van der Waals surface area contributed by atoms with Gasteiger partial charge >= 0.3 is 5.97 Å². The SMILES string of the molecule is O=C(COC(=O)[C@@H]1C[C@H]2C=C[C@H]1C2)NCc1ccc2c(c1)OCO2. The maximum atomic E-state index is 12.1. The van der Waals surface area contributed by atoms with Crippen molar-refractivity contribution in [3.63, 3.8) is 0 Å². The van der Waals surface area contributed by atoms with E-state index < -0.39 is 0 Å². The van der Waals surface area contributed by atoms with Gasteiger partial charge in [0.1, 0.15) is 0 Å². The van der Waals surface area contributed by atoms with Gasteiger partial charge in [0.2, 0.25) is 6.79 Å². The molecule has 1 amide bonds. The zero-order valence-corrected chi connectivity index (χ0v) is 13.2. The third-order valence-electron chi connectivity index (χ3n) is 4.85. The lowest BCUT2D eigenvalue weighted by Gasteiger charge is -2.16. The van der Waals surface area contributed by atoms with Gasteiger partial charge in [-0.15, -0.1) is 0 Å². The molecule has 1 saturated carbocycles. The molecular formula is C18H19NO5. The summed E-state index contributed by atoms with van der Waals surface area (Å²) in [5.41, 5.74) is 0.900. The standard InChI is InChI=1S/C18H19NO5/c20-17(9-22-18(21)14-6-11-1-3-13(14)5-11)19-8-12-2-4-15-16(7-12)24-10-23-15/h1-4,7,11,13-14H,5-6,8-10H2,(H,19,20)/t11-,13-,14+/m0/s1. The number of benzene rings is 1. The van der Waals surface area contributed by atoms with Crippen LogP contribution in [0.5, 0.6) is 11.5 Å². The second kappa shape index (κ2) is 6.19. The van der Waals surface area contributed by atoms with E-state index in [1.807, 2.05) is 18.2 Å². The lowest BCUT2D eigenvalue weighted by atomic mass is 9.94. The fourth-order valence-electron chi connectivity index (χ4n) is 3.60. The van der Waals surface area contributed by atoms with Gasteiger partial charge in [-0.25, -0.2) is 0 Å². The molecule has 6 nitrogen and oxygen atoms in total. The van der Waals surface area contributed by atoms with Gasteiger partial charge in [-0.1, -0.05) is 18.2 Å². The lowest BCUT2D eigenvalue weighted by Crippen LogP contribution is -2.30. The number of rotatable bonds is 5. The smallest absolute Gasteiger partial charge is 0.310 e. The summed E-state index contributed by atoms with van der Waals surface area (Å²) in [4.78, 5) is 23.9. The molecule has 0 radical (unpaired) electrons. The molecule has 6 heteroatoms. The van der Waals surface area contributed by atoms with Crippen LogP contribution < -0.4 is 14.8 Å². The van der Waals surface area contributed by atoms with Gasteiger partial charge in [0.25, 0.3) is 5.91 Å². The first kappa shape index (κ1) is 15.1. The van der Waals surface area contributed by atoms with Crippen LogP contribution >= 0.6 is 0 Å². The number of allylic oxidation sites excluding steroid dienone is 2. The van der Waals surface area contributed by atoms with E-state index >= 15 is 0 Å². The van der Waals surface area contributed by atoms with Crippen molar-refractivity contribution in [3.05, 3.63) is 35.9 Å². The summed E-state index contributed by atoms with van der Waals surface area (Å²) in [6.45, 7) is 0.337. The third kappa shape index (κ3) is 2.96. The van der Waals surface area contributed by atoms with Crippen LogP contribution in [0.3, 0.4) is 0 Å². The van der Waals surface area contributed by atoms with Gasteiger partial charge < -0.3 is 19.5 Å². The molecule has 0 saturated heterocycles. The van der Waals surface area contributed by atoms with E-state index in [2.05, 4.69) is 17.5 Å². The summed E-state index contributed by atoms with van der Waals surface area (Å²) in [5.74, 6) is 1.54. The average molecular weight is 329 g/mol. The van der Waals surface area contributed by atoms with E-state index in [1.165, 1.54) is 0 Å². The van der Waals surface area contributed by atoms with Crippen LogP contribution in [0.1, 0.15) is 18.4 Å². The molecule has 0 aromatic heterocycles. The minimum absolute atomic E-state index is 0.0818. The predicted molar refractivity (Wildman–Crippen MR) is 84.2 cm³/mol. The molecule has 24 heavy (non-hydrogen) atoms. The molecule has 1 N–H and O–H groups in total. The van der Waals surface area contributed by atoms with Crippen molar-refractivity contribution in [3.8, 4) is 11.5 Å². The topological polar surface area (TPSA) is 73.9 Å². The van der Waals surface area contributed by atoms with Crippen LogP contribution in [0.4, 0.5) is 0 Å². The first-order valence-corrected chi connectivity index (χ1v) is 8.19. The molecule has 126 valence electrons. The number of amides is 1. The average Bonchev–Trinajstić information content (AvgIpc) is 3.33. The maximum Gasteiger partial charge on any atom is 0.310 e. The van der Waals surface area contributed by atoms with Crippen molar-refractivity contribution >= 4 is 11.9 Å². The number of hydrogen-bond donors (Lipinski definition) is 1. The van der Waals surface area contributed by atoms with Crippen molar-refractivity contribution in [1.82, 2.24) is 5.32 Å². The van der Waals surface area contributed by atoms with Crippen molar-refractivity contribution in [2.75, 3.05) is 13.4 Å². The Morgan fingerprint density at radius 1 is 1.17 bits per heavy atom. The zero-order chi connectivity index (χ0) is 16.5. The van der Waals surface area contributed by atoms with Gasteiger partial charge in [0.05, 0.1) is 5.92 Å². The Hall–Kier alpha value is -2.50. The van der Waals surface area contributed by atoms with Crippen LogP contribution in [0.15, 0.2) is 30.4 Å². The number of esters is 1. The molecule has 2 aliphatic carbocycles. The Bertz CT molecular complexity index is 699. The van der Waals surface area contributed by atoms with Gasteiger partial charge in [0, 0.05) is 6.54 Å².